The zero-order valence-corrected chi connectivity index (χ0v) is 44.9. The molecule has 0 aliphatic heterocycles. The number of halogens is 40. The molecule has 0 aromatic heterocycles. The van der Waals surface area contributed by atoms with Crippen LogP contribution in [0.25, 0.3) is 0 Å². The van der Waals surface area contributed by atoms with E-state index in [1.54, 1.807) is 7.11 Å². The van der Waals surface area contributed by atoms with Gasteiger partial charge in [-0.25, -0.2) is 61.5 Å². The monoisotopic (exact) mass is 1330 g/mol. The van der Waals surface area contributed by atoms with Crippen molar-refractivity contribution in [3.8, 4) is 0 Å². The Morgan fingerprint density at radius 2 is 0.439 bits per heavy atom. The molecule has 0 saturated carbocycles. The SMILES string of the molecule is CC(C)(F)C(F)(F)F.CC(F)(F)C(F)(F)F.CC(F)(F)CC(F)(F)CC(F)(F)F.CC(F)(F)F.CCC(C)(F)F.CCC(F)(C(F)(F)F)C(F)(F)F.CCC(F)(F)CC(F)(F)CC(F)(F)F.CCC(F)(F)CC(F)(F)F.COC(C)(C)C. The molecule has 0 fully saturated rings. The molecule has 41 heteroatoms. The molecule has 0 aliphatic rings. The number of rotatable bonds is 11. The van der Waals surface area contributed by atoms with Gasteiger partial charge in [-0.15, -0.1) is 0 Å². The van der Waals surface area contributed by atoms with E-state index in [0.717, 1.165) is 20.8 Å². The third-order valence-corrected chi connectivity index (χ3v) is 7.29. The molecule has 82 heavy (non-hydrogen) atoms. The average molecular weight is 1330 g/mol. The quantitative estimate of drug-likeness (QED) is 0.187. The summed E-state index contributed by atoms with van der Waals surface area (Å²) in [5.41, 5.74) is -8.10. The van der Waals surface area contributed by atoms with Gasteiger partial charge in [-0.05, 0) is 54.9 Å². The molecular formula is C41H60F40O. The summed E-state index contributed by atoms with van der Waals surface area (Å²) in [7, 11) is 1.71. The van der Waals surface area contributed by atoms with E-state index >= 15 is 0 Å². The Labute approximate surface area is 443 Å². The van der Waals surface area contributed by atoms with Gasteiger partial charge in [-0.3, -0.25) is 0 Å². The van der Waals surface area contributed by atoms with Crippen LogP contribution in [0.15, 0.2) is 0 Å². The Bertz CT molecular complexity index is 1470. The van der Waals surface area contributed by atoms with Gasteiger partial charge < -0.3 is 4.74 Å². The van der Waals surface area contributed by atoms with Crippen molar-refractivity contribution in [1.82, 2.24) is 0 Å². The summed E-state index contributed by atoms with van der Waals surface area (Å²) in [6.07, 6.45) is -55.5. The molecule has 0 heterocycles. The van der Waals surface area contributed by atoms with Gasteiger partial charge in [-0.2, -0.15) is 114 Å². The summed E-state index contributed by atoms with van der Waals surface area (Å²) in [5.74, 6) is -27.0. The molecule has 510 valence electrons. The van der Waals surface area contributed by atoms with E-state index < -0.39 is 154 Å². The summed E-state index contributed by atoms with van der Waals surface area (Å²) < 4.78 is 464. The van der Waals surface area contributed by atoms with E-state index in [-0.39, 0.29) is 32.8 Å². The van der Waals surface area contributed by atoms with E-state index in [4.69, 9.17) is 4.74 Å². The lowest BCUT2D eigenvalue weighted by Crippen LogP contribution is -2.52. The van der Waals surface area contributed by atoms with Crippen LogP contribution < -0.4 is 0 Å². The van der Waals surface area contributed by atoms with Gasteiger partial charge in [0, 0.05) is 40.2 Å². The lowest BCUT2D eigenvalue weighted by Gasteiger charge is -2.28. The Morgan fingerprint density at radius 1 is 0.256 bits per heavy atom. The van der Waals surface area contributed by atoms with Gasteiger partial charge in [0.1, 0.15) is 19.3 Å². The van der Waals surface area contributed by atoms with E-state index in [0.29, 0.717) is 20.8 Å². The molecular weight excluding hydrogens is 1270 g/mol. The third kappa shape index (κ3) is 73.3. The van der Waals surface area contributed by atoms with Crippen LogP contribution in [0.3, 0.4) is 0 Å². The van der Waals surface area contributed by atoms with Crippen LogP contribution in [0.2, 0.25) is 0 Å². The topological polar surface area (TPSA) is 9.23 Å². The minimum atomic E-state index is -5.90. The highest BCUT2D eigenvalue weighted by atomic mass is 19.5. The van der Waals surface area contributed by atoms with Gasteiger partial charge >= 0.3 is 55.3 Å². The number of methoxy groups -OCH3 is 1. The zero-order valence-electron chi connectivity index (χ0n) is 44.9. The second-order valence-electron chi connectivity index (χ2n) is 18.0. The predicted molar refractivity (Wildman–Crippen MR) is 216 cm³/mol. The minimum absolute atomic E-state index is 0.0417. The smallest absolute Gasteiger partial charge is 0.379 e. The fraction of sp³-hybridized carbons (Fsp3) is 1.00. The Balaban J connectivity index is -0.000000106. The first-order valence-electron chi connectivity index (χ1n) is 21.4. The highest BCUT2D eigenvalue weighted by molar-refractivity contribution is 4.93. The van der Waals surface area contributed by atoms with Gasteiger partial charge in [0.15, 0.2) is 5.67 Å². The van der Waals surface area contributed by atoms with Crippen molar-refractivity contribution in [2.24, 2.45) is 0 Å². The molecule has 0 aromatic rings. The highest BCUT2D eigenvalue weighted by Gasteiger charge is 2.71. The molecule has 1 nitrogen and oxygen atoms in total. The largest absolute Gasteiger partial charge is 0.452 e. The predicted octanol–water partition coefficient (Wildman–Crippen LogP) is 23.4. The highest BCUT2D eigenvalue weighted by Crippen LogP contribution is 2.48. The molecule has 0 unspecified atom stereocenters. The van der Waals surface area contributed by atoms with Crippen LogP contribution in [-0.4, -0.2) is 115 Å². The number of hydrogen-bond acceptors (Lipinski definition) is 1. The molecule has 0 amide bonds. The minimum Gasteiger partial charge on any atom is -0.379 e. The molecule has 0 aromatic carbocycles. The molecule has 0 aliphatic carbocycles. The molecule has 0 spiro atoms. The van der Waals surface area contributed by atoms with Gasteiger partial charge in [0.2, 0.25) is 5.92 Å². The maximum Gasteiger partial charge on any atom is 0.452 e. The maximum absolute atomic E-state index is 12.4. The van der Waals surface area contributed by atoms with Gasteiger partial charge in [-0.1, -0.05) is 27.7 Å². The van der Waals surface area contributed by atoms with Crippen molar-refractivity contribution < 1.29 is 180 Å². The lowest BCUT2D eigenvalue weighted by molar-refractivity contribution is -0.342. The fourth-order valence-electron chi connectivity index (χ4n) is 2.65. The van der Waals surface area contributed by atoms with Crippen molar-refractivity contribution >= 4 is 0 Å². The van der Waals surface area contributed by atoms with Gasteiger partial charge in [0.25, 0.3) is 35.3 Å². The molecule has 0 saturated heterocycles. The van der Waals surface area contributed by atoms with Crippen LogP contribution in [0, 0.1) is 0 Å². The second kappa shape index (κ2) is 35.1. The van der Waals surface area contributed by atoms with Crippen LogP contribution in [0.4, 0.5) is 176 Å². The summed E-state index contributed by atoms with van der Waals surface area (Å²) >= 11 is 0. The van der Waals surface area contributed by atoms with Crippen LogP contribution in [0.1, 0.15) is 148 Å². The average Bonchev–Trinajstić information content (AvgIpc) is 3.08. The number of hydrogen-bond donors (Lipinski definition) is 0. The Kier molecular flexibility index (Phi) is 42.0. The lowest BCUT2D eigenvalue weighted by atomic mass is 10.0. The normalized spacial score (nSPS) is 14.0. The standard InChI is InChI=1S/C7H9F7.C6H7F7.C5H5F7.C5H7F5.C5H12O.C4H6F4.C4H8F2.C3H3F5.C2H3F3/c1-2-5(8,9)3-6(10,11)4-7(12,13)14;1-4(7,8)2-5(9,10)3-6(11,12)13;1-2-3(6,4(7,8)9)5(10,11)12;1-2-4(6,7)3-5(8,9)10;1-5(2,3)6-4;1-3(2,5)4(6,7)8;1-3-4(2,5)6;1-2(4,5)3(6,7)8;1-2(3,4)5/h2-4H2,1H3;2-3H2,1H3;2H2,1H3;2-3H2,1H3;1-4H3;1-2H3;3H2,1-2H3;1H3;1H3. The van der Waals surface area contributed by atoms with Crippen LogP contribution in [0.5, 0.6) is 0 Å². The van der Waals surface area contributed by atoms with E-state index in [1.165, 1.54) is 6.92 Å². The van der Waals surface area contributed by atoms with E-state index in [1.807, 2.05) is 20.8 Å². The van der Waals surface area contributed by atoms with Crippen molar-refractivity contribution in [3.05, 3.63) is 0 Å². The Morgan fingerprint density at radius 3 is 0.524 bits per heavy atom. The van der Waals surface area contributed by atoms with Crippen molar-refractivity contribution in [2.45, 2.75) is 256 Å². The maximum atomic E-state index is 12.4. The molecule has 0 N–H and O–H groups in total. The van der Waals surface area contributed by atoms with Crippen molar-refractivity contribution in [3.63, 3.8) is 0 Å². The number of alkyl halides is 40. The summed E-state index contributed by atoms with van der Waals surface area (Å²) in [6, 6.07) is 0. The summed E-state index contributed by atoms with van der Waals surface area (Å²) in [6.45, 7) is 12.0. The Hall–Kier alpha value is -2.84. The molecule has 0 atom stereocenters. The van der Waals surface area contributed by atoms with E-state index in [9.17, 15) is 176 Å². The molecule has 0 rings (SSSR count). The first kappa shape index (κ1) is 98.2. The van der Waals surface area contributed by atoms with Crippen molar-refractivity contribution in [2.75, 3.05) is 7.11 Å². The van der Waals surface area contributed by atoms with E-state index in [2.05, 4.69) is 0 Å². The molecule has 0 radical (unpaired) electrons. The fourth-order valence-corrected chi connectivity index (χ4v) is 2.65. The third-order valence-electron chi connectivity index (χ3n) is 7.29. The molecule has 0 bridgehead atoms. The zero-order chi connectivity index (χ0) is 70.1. The first-order chi connectivity index (χ1) is 34.3. The van der Waals surface area contributed by atoms with Crippen LogP contribution in [-0.2, 0) is 4.74 Å². The van der Waals surface area contributed by atoms with Crippen molar-refractivity contribution in [1.29, 1.82) is 0 Å². The second-order valence-corrected chi connectivity index (χ2v) is 18.0. The first-order valence-corrected chi connectivity index (χ1v) is 21.4. The number of ether oxygens (including phenoxy) is 1. The van der Waals surface area contributed by atoms with Crippen LogP contribution >= 0.6 is 0 Å². The van der Waals surface area contributed by atoms with Gasteiger partial charge in [0.05, 0.1) is 18.4 Å². The summed E-state index contributed by atoms with van der Waals surface area (Å²) in [5, 5.41) is 0. The summed E-state index contributed by atoms with van der Waals surface area (Å²) in [4.78, 5) is 0.